The number of nitrogens with zero attached hydrogens (tertiary/aromatic N) is 3. The Bertz CT molecular complexity index is 1070. The second kappa shape index (κ2) is 11.7. The molecule has 1 aliphatic carbocycles. The van der Waals surface area contributed by atoms with Crippen molar-refractivity contribution in [1.29, 1.82) is 0 Å². The maximum atomic E-state index is 13.8. The summed E-state index contributed by atoms with van der Waals surface area (Å²) >= 11 is 1.11. The molecule has 3 rings (SSSR count). The summed E-state index contributed by atoms with van der Waals surface area (Å²) in [6, 6.07) is 5.35. The molecule has 1 saturated carbocycles. The number of aromatic carboxylic acids is 1. The topological polar surface area (TPSA) is 83.0 Å². The molecule has 0 atom stereocenters. The van der Waals surface area contributed by atoms with Gasteiger partial charge in [-0.1, -0.05) is 18.8 Å². The van der Waals surface area contributed by atoms with E-state index in [1.807, 2.05) is 26.8 Å². The molecule has 0 radical (unpaired) electrons. The molecule has 188 valence electrons. The van der Waals surface area contributed by atoms with Crippen molar-refractivity contribution in [3.8, 4) is 17.6 Å². The van der Waals surface area contributed by atoms with E-state index in [0.717, 1.165) is 37.0 Å². The monoisotopic (exact) mass is 497 g/mol. The highest BCUT2D eigenvalue weighted by Gasteiger charge is 2.34. The van der Waals surface area contributed by atoms with E-state index in [-0.39, 0.29) is 22.1 Å². The fourth-order valence-electron chi connectivity index (χ4n) is 3.98. The molecule has 1 amide bonds. The van der Waals surface area contributed by atoms with E-state index in [1.165, 1.54) is 5.01 Å². The SMILES string of the molecule is CC1CCC(C(=O)N(c2cc(C#CC(C)(C)C)sc2C(=O)O)N(C)CCOc2cccnc2)CC1. The van der Waals surface area contributed by atoms with Gasteiger partial charge in [-0.2, -0.15) is 0 Å². The second-order valence-electron chi connectivity index (χ2n) is 10.2. The fraction of sp³-hybridized carbons (Fsp3) is 0.519. The van der Waals surface area contributed by atoms with Gasteiger partial charge in [-0.05, 0) is 70.6 Å². The Morgan fingerprint density at radius 1 is 1.26 bits per heavy atom. The predicted molar refractivity (Wildman–Crippen MR) is 139 cm³/mol. The average Bonchev–Trinajstić information content (AvgIpc) is 3.23. The number of ether oxygens (including phenoxy) is 1. The highest BCUT2D eigenvalue weighted by atomic mass is 32.1. The highest BCUT2D eigenvalue weighted by molar-refractivity contribution is 7.15. The normalized spacial score (nSPS) is 18.0. The van der Waals surface area contributed by atoms with Gasteiger partial charge in [-0.25, -0.2) is 14.8 Å². The maximum absolute atomic E-state index is 13.8. The number of likely N-dealkylation sites (N-methyl/N-ethyl adjacent to an activating group) is 1. The molecular formula is C27H35N3O4S. The molecule has 0 spiro atoms. The van der Waals surface area contributed by atoms with Crippen LogP contribution in [0.5, 0.6) is 5.75 Å². The van der Waals surface area contributed by atoms with Crippen LogP contribution in [0.3, 0.4) is 0 Å². The largest absolute Gasteiger partial charge is 0.491 e. The van der Waals surface area contributed by atoms with Crippen LogP contribution in [0, 0.1) is 29.1 Å². The lowest BCUT2D eigenvalue weighted by atomic mass is 9.82. The average molecular weight is 498 g/mol. The number of thiophene rings is 1. The van der Waals surface area contributed by atoms with Gasteiger partial charge in [0, 0.05) is 24.6 Å². The Morgan fingerprint density at radius 2 is 1.97 bits per heavy atom. The quantitative estimate of drug-likeness (QED) is 0.392. The van der Waals surface area contributed by atoms with Crippen molar-refractivity contribution in [2.75, 3.05) is 25.2 Å². The van der Waals surface area contributed by atoms with Crippen LogP contribution in [0.4, 0.5) is 5.69 Å². The van der Waals surface area contributed by atoms with Crippen molar-refractivity contribution in [3.63, 3.8) is 0 Å². The Hall–Kier alpha value is -2.89. The van der Waals surface area contributed by atoms with E-state index in [2.05, 4.69) is 23.7 Å². The van der Waals surface area contributed by atoms with E-state index >= 15 is 0 Å². The Kier molecular flexibility index (Phi) is 8.92. The lowest BCUT2D eigenvalue weighted by molar-refractivity contribution is -0.126. The number of anilines is 1. The molecule has 0 saturated heterocycles. The Labute approximate surface area is 212 Å². The van der Waals surface area contributed by atoms with Crippen LogP contribution in [-0.4, -0.2) is 47.2 Å². The first-order valence-corrected chi connectivity index (χ1v) is 12.8. The van der Waals surface area contributed by atoms with Crippen LogP contribution in [0.15, 0.2) is 30.6 Å². The first-order chi connectivity index (χ1) is 16.5. The minimum Gasteiger partial charge on any atom is -0.491 e. The van der Waals surface area contributed by atoms with Gasteiger partial charge >= 0.3 is 5.97 Å². The zero-order valence-corrected chi connectivity index (χ0v) is 22.0. The first-order valence-electron chi connectivity index (χ1n) is 12.0. The van der Waals surface area contributed by atoms with Crippen molar-refractivity contribution in [2.24, 2.45) is 17.3 Å². The lowest BCUT2D eigenvalue weighted by Gasteiger charge is -2.36. The zero-order chi connectivity index (χ0) is 25.6. The van der Waals surface area contributed by atoms with E-state index in [9.17, 15) is 14.7 Å². The molecule has 2 aromatic heterocycles. The number of rotatable bonds is 8. The molecule has 2 heterocycles. The standard InChI is InChI=1S/C27H35N3O4S/c1-19-8-10-20(11-9-19)25(31)30(29(5)15-16-34-21-7-6-14-28-18-21)23-17-22(12-13-27(2,3)4)35-24(23)26(32)33/h6-7,14,17-20H,8-11,15-16H2,1-5H3,(H,32,33). The van der Waals surface area contributed by atoms with Gasteiger partial charge in [-0.15, -0.1) is 11.3 Å². The zero-order valence-electron chi connectivity index (χ0n) is 21.2. The number of aromatic nitrogens is 1. The number of carboxylic acid groups (broad SMARTS) is 1. The molecule has 7 nitrogen and oxygen atoms in total. The number of carbonyl (C=O) groups is 2. The van der Waals surface area contributed by atoms with Gasteiger partial charge in [0.05, 0.1) is 23.3 Å². The molecule has 35 heavy (non-hydrogen) atoms. The third-order valence-corrected chi connectivity index (χ3v) is 6.96. The minimum atomic E-state index is -1.07. The van der Waals surface area contributed by atoms with Crippen molar-refractivity contribution in [2.45, 2.75) is 53.4 Å². The number of pyridine rings is 1. The molecule has 0 aliphatic heterocycles. The van der Waals surface area contributed by atoms with Gasteiger partial charge in [0.1, 0.15) is 17.2 Å². The number of hydrazine groups is 1. The fourth-order valence-corrected chi connectivity index (χ4v) is 4.81. The van der Waals surface area contributed by atoms with Crippen molar-refractivity contribution >= 4 is 28.9 Å². The summed E-state index contributed by atoms with van der Waals surface area (Å²) in [5.41, 5.74) is 0.149. The third kappa shape index (κ3) is 7.55. The van der Waals surface area contributed by atoms with Crippen LogP contribution in [0.25, 0.3) is 0 Å². The van der Waals surface area contributed by atoms with Crippen LogP contribution in [-0.2, 0) is 4.79 Å². The summed E-state index contributed by atoms with van der Waals surface area (Å²) in [6.45, 7) is 8.92. The summed E-state index contributed by atoms with van der Waals surface area (Å²) in [7, 11) is 1.79. The van der Waals surface area contributed by atoms with Gasteiger partial charge in [-0.3, -0.25) is 9.78 Å². The minimum absolute atomic E-state index is 0.0728. The number of hydrogen-bond acceptors (Lipinski definition) is 6. The van der Waals surface area contributed by atoms with Crippen LogP contribution in [0.1, 0.15) is 67.9 Å². The van der Waals surface area contributed by atoms with E-state index < -0.39 is 5.97 Å². The number of carboxylic acids is 1. The van der Waals surface area contributed by atoms with Crippen molar-refractivity contribution in [3.05, 3.63) is 40.3 Å². The first kappa shape index (κ1) is 26.7. The van der Waals surface area contributed by atoms with Crippen molar-refractivity contribution in [1.82, 2.24) is 9.99 Å². The molecule has 1 fully saturated rings. The molecule has 1 N–H and O–H groups in total. The molecule has 0 bridgehead atoms. The molecule has 0 unspecified atom stereocenters. The summed E-state index contributed by atoms with van der Waals surface area (Å²) in [5.74, 6) is 6.23. The summed E-state index contributed by atoms with van der Waals surface area (Å²) in [6.07, 6.45) is 6.91. The molecular weight excluding hydrogens is 462 g/mol. The molecule has 8 heteroatoms. The van der Waals surface area contributed by atoms with Crippen LogP contribution >= 0.6 is 11.3 Å². The summed E-state index contributed by atoms with van der Waals surface area (Å²) < 4.78 is 5.78. The van der Waals surface area contributed by atoms with Gasteiger partial charge in [0.15, 0.2) is 0 Å². The maximum Gasteiger partial charge on any atom is 0.348 e. The lowest BCUT2D eigenvalue weighted by Crippen LogP contribution is -2.49. The highest BCUT2D eigenvalue weighted by Crippen LogP contribution is 2.35. The number of carbonyl (C=O) groups excluding carboxylic acids is 1. The number of hydrogen-bond donors (Lipinski definition) is 1. The molecule has 0 aromatic carbocycles. The van der Waals surface area contributed by atoms with Crippen LogP contribution < -0.4 is 9.75 Å². The van der Waals surface area contributed by atoms with Crippen molar-refractivity contribution < 1.29 is 19.4 Å². The summed E-state index contributed by atoms with van der Waals surface area (Å²) in [5, 5.41) is 13.3. The Morgan fingerprint density at radius 3 is 2.57 bits per heavy atom. The second-order valence-corrected chi connectivity index (χ2v) is 11.2. The van der Waals surface area contributed by atoms with E-state index in [0.29, 0.717) is 35.4 Å². The van der Waals surface area contributed by atoms with Gasteiger partial charge < -0.3 is 9.84 Å². The smallest absolute Gasteiger partial charge is 0.348 e. The van der Waals surface area contributed by atoms with Crippen LogP contribution in [0.2, 0.25) is 0 Å². The predicted octanol–water partition coefficient (Wildman–Crippen LogP) is 5.32. The van der Waals surface area contributed by atoms with Gasteiger partial charge in [0.25, 0.3) is 0 Å². The van der Waals surface area contributed by atoms with E-state index in [1.54, 1.807) is 36.6 Å². The molecule has 1 aliphatic rings. The van der Waals surface area contributed by atoms with E-state index in [4.69, 9.17) is 4.74 Å². The third-order valence-electron chi connectivity index (χ3n) is 5.93. The number of amides is 1. The Balaban J connectivity index is 1.90. The molecule has 2 aromatic rings. The summed E-state index contributed by atoms with van der Waals surface area (Å²) in [4.78, 5) is 30.8. The van der Waals surface area contributed by atoms with Gasteiger partial charge in [0.2, 0.25) is 5.91 Å².